The molecule has 2 aromatic rings. The van der Waals surface area contributed by atoms with Crippen molar-refractivity contribution >= 4 is 21.5 Å². The number of hydrogen-bond acceptors (Lipinski definition) is 7. The van der Waals surface area contributed by atoms with Gasteiger partial charge in [0.1, 0.15) is 0 Å². The first kappa shape index (κ1) is 20.1. The lowest BCUT2D eigenvalue weighted by Gasteiger charge is -2.30. The first-order valence-corrected chi connectivity index (χ1v) is 11.9. The average Bonchev–Trinajstić information content (AvgIpc) is 2.75. The van der Waals surface area contributed by atoms with Gasteiger partial charge in [0.2, 0.25) is 5.95 Å². The zero-order chi connectivity index (χ0) is 20.3. The number of nitrogens with two attached hydrogens (primary N) is 1. The van der Waals surface area contributed by atoms with Gasteiger partial charge in [0.15, 0.2) is 9.84 Å². The Bertz CT molecular complexity index is 935. The Balaban J connectivity index is 1.71. The second kappa shape index (κ2) is 8.67. The van der Waals surface area contributed by atoms with Crippen molar-refractivity contribution in [1.29, 1.82) is 0 Å². The molecule has 29 heavy (non-hydrogen) atoms. The second-order valence-electron chi connectivity index (χ2n) is 7.93. The van der Waals surface area contributed by atoms with Gasteiger partial charge in [-0.1, -0.05) is 19.3 Å². The molecule has 1 aliphatic heterocycles. The minimum Gasteiger partial charge on any atom is -0.378 e. The summed E-state index contributed by atoms with van der Waals surface area (Å²) in [4.78, 5) is 10.7. The van der Waals surface area contributed by atoms with Crippen LogP contribution < -0.4 is 10.6 Å². The largest absolute Gasteiger partial charge is 0.378 e. The third-order valence-corrected chi connectivity index (χ3v) is 7.68. The van der Waals surface area contributed by atoms with Gasteiger partial charge in [-0.15, -0.1) is 0 Å². The van der Waals surface area contributed by atoms with Crippen molar-refractivity contribution in [2.24, 2.45) is 5.92 Å². The number of anilines is 2. The lowest BCUT2D eigenvalue weighted by Crippen LogP contribution is -2.36. The minimum atomic E-state index is -3.38. The van der Waals surface area contributed by atoms with Gasteiger partial charge in [0.25, 0.3) is 0 Å². The van der Waals surface area contributed by atoms with Crippen LogP contribution in [0.4, 0.5) is 11.6 Å². The van der Waals surface area contributed by atoms with Crippen LogP contribution in [0.2, 0.25) is 0 Å². The smallest absolute Gasteiger partial charge is 0.219 e. The number of morpholine rings is 1. The van der Waals surface area contributed by atoms with Crippen LogP contribution in [0.15, 0.2) is 35.5 Å². The first-order valence-electron chi connectivity index (χ1n) is 10.3. The van der Waals surface area contributed by atoms with Crippen LogP contribution in [0.3, 0.4) is 0 Å². The van der Waals surface area contributed by atoms with E-state index in [2.05, 4.69) is 14.9 Å². The van der Waals surface area contributed by atoms with Crippen LogP contribution >= 0.6 is 0 Å². The van der Waals surface area contributed by atoms with Gasteiger partial charge < -0.3 is 15.4 Å². The second-order valence-corrected chi connectivity index (χ2v) is 9.96. The summed E-state index contributed by atoms with van der Waals surface area (Å²) in [5, 5.41) is 0. The molecule has 2 N–H and O–H groups in total. The predicted octanol–water partition coefficient (Wildman–Crippen LogP) is 2.92. The summed E-state index contributed by atoms with van der Waals surface area (Å²) >= 11 is 0. The van der Waals surface area contributed by atoms with Crippen molar-refractivity contribution in [3.8, 4) is 11.1 Å². The number of sulfone groups is 1. The number of nitrogen functional groups attached to an aromatic ring is 1. The van der Waals surface area contributed by atoms with Crippen molar-refractivity contribution in [2.75, 3.05) is 42.7 Å². The van der Waals surface area contributed by atoms with Crippen molar-refractivity contribution in [3.05, 3.63) is 30.6 Å². The summed E-state index contributed by atoms with van der Waals surface area (Å²) in [6.45, 7) is 2.76. The molecule has 1 saturated carbocycles. The number of ether oxygens (including phenoxy) is 1. The van der Waals surface area contributed by atoms with Crippen LogP contribution in [0.25, 0.3) is 11.1 Å². The summed E-state index contributed by atoms with van der Waals surface area (Å²) in [6.07, 6.45) is 8.74. The molecule has 0 spiro atoms. The molecule has 2 heterocycles. The molecule has 0 amide bonds. The van der Waals surface area contributed by atoms with E-state index in [1.165, 1.54) is 6.42 Å². The van der Waals surface area contributed by atoms with E-state index in [0.717, 1.165) is 55.6 Å². The molecule has 0 unspecified atom stereocenters. The van der Waals surface area contributed by atoms with Gasteiger partial charge >= 0.3 is 0 Å². The molecule has 0 radical (unpaired) electrons. The molecular formula is C21H28N4O3S. The van der Waals surface area contributed by atoms with E-state index in [1.807, 2.05) is 12.1 Å². The van der Waals surface area contributed by atoms with E-state index in [9.17, 15) is 8.42 Å². The molecule has 1 aromatic heterocycles. The van der Waals surface area contributed by atoms with E-state index in [-0.39, 0.29) is 17.6 Å². The van der Waals surface area contributed by atoms with Crippen molar-refractivity contribution < 1.29 is 13.2 Å². The number of aromatic nitrogens is 2. The van der Waals surface area contributed by atoms with Crippen LogP contribution in [-0.2, 0) is 14.6 Å². The predicted molar refractivity (Wildman–Crippen MR) is 114 cm³/mol. The molecular weight excluding hydrogens is 388 g/mol. The Morgan fingerprint density at radius 3 is 2.38 bits per heavy atom. The molecule has 7 nitrogen and oxygen atoms in total. The van der Waals surface area contributed by atoms with Crippen molar-refractivity contribution in [2.45, 2.75) is 37.0 Å². The zero-order valence-corrected chi connectivity index (χ0v) is 17.4. The monoisotopic (exact) mass is 416 g/mol. The minimum absolute atomic E-state index is 0.197. The Morgan fingerprint density at radius 1 is 1.00 bits per heavy atom. The van der Waals surface area contributed by atoms with Crippen LogP contribution in [-0.4, -0.2) is 50.4 Å². The highest BCUT2D eigenvalue weighted by Crippen LogP contribution is 2.32. The highest BCUT2D eigenvalue weighted by molar-refractivity contribution is 7.91. The summed E-state index contributed by atoms with van der Waals surface area (Å²) in [7, 11) is -3.38. The molecule has 2 aliphatic rings. The van der Waals surface area contributed by atoms with E-state index < -0.39 is 9.84 Å². The zero-order valence-electron chi connectivity index (χ0n) is 16.6. The summed E-state index contributed by atoms with van der Waals surface area (Å²) in [5.74, 6) is 0.671. The SMILES string of the molecule is Nc1ncc(-c2cc(N3CCOCC3)cc(S(=O)(=O)CC3CCCCC3)c2)cn1. The molecule has 8 heteroatoms. The summed E-state index contributed by atoms with van der Waals surface area (Å²) in [6, 6.07) is 5.56. The molecule has 0 atom stereocenters. The Hall–Kier alpha value is -2.19. The summed E-state index contributed by atoms with van der Waals surface area (Å²) in [5.41, 5.74) is 8.05. The van der Waals surface area contributed by atoms with Crippen molar-refractivity contribution in [3.63, 3.8) is 0 Å². The van der Waals surface area contributed by atoms with Gasteiger partial charge in [0.05, 0.1) is 23.9 Å². The number of hydrogen-bond donors (Lipinski definition) is 1. The van der Waals surface area contributed by atoms with Gasteiger partial charge in [-0.25, -0.2) is 18.4 Å². The third-order valence-electron chi connectivity index (χ3n) is 5.81. The van der Waals surface area contributed by atoms with Gasteiger partial charge in [-0.2, -0.15) is 0 Å². The lowest BCUT2D eigenvalue weighted by atomic mass is 9.91. The molecule has 0 bridgehead atoms. The van der Waals surface area contributed by atoms with Crippen LogP contribution in [0.5, 0.6) is 0 Å². The molecule has 2 fully saturated rings. The number of benzene rings is 1. The topological polar surface area (TPSA) is 98.4 Å². The average molecular weight is 417 g/mol. The molecule has 1 aromatic carbocycles. The van der Waals surface area contributed by atoms with E-state index in [0.29, 0.717) is 18.1 Å². The quantitative estimate of drug-likeness (QED) is 0.800. The highest BCUT2D eigenvalue weighted by Gasteiger charge is 2.25. The maximum Gasteiger partial charge on any atom is 0.219 e. The lowest BCUT2D eigenvalue weighted by molar-refractivity contribution is 0.122. The van der Waals surface area contributed by atoms with E-state index in [1.54, 1.807) is 18.5 Å². The fourth-order valence-electron chi connectivity index (χ4n) is 4.18. The van der Waals surface area contributed by atoms with Crippen LogP contribution in [0.1, 0.15) is 32.1 Å². The van der Waals surface area contributed by atoms with Gasteiger partial charge in [0, 0.05) is 36.7 Å². The fraction of sp³-hybridized carbons (Fsp3) is 0.524. The van der Waals surface area contributed by atoms with Gasteiger partial charge in [-0.3, -0.25) is 0 Å². The normalized spacial score (nSPS) is 18.7. The fourth-order valence-corrected chi connectivity index (χ4v) is 5.93. The number of rotatable bonds is 5. The van der Waals surface area contributed by atoms with Gasteiger partial charge in [-0.05, 0) is 42.5 Å². The Labute approximate surface area is 172 Å². The highest BCUT2D eigenvalue weighted by atomic mass is 32.2. The Morgan fingerprint density at radius 2 is 1.69 bits per heavy atom. The van der Waals surface area contributed by atoms with E-state index >= 15 is 0 Å². The molecule has 1 saturated heterocycles. The Kier molecular flexibility index (Phi) is 6.01. The third kappa shape index (κ3) is 4.87. The molecule has 4 rings (SSSR count). The maximum absolute atomic E-state index is 13.3. The molecule has 156 valence electrons. The van der Waals surface area contributed by atoms with Crippen molar-refractivity contribution in [1.82, 2.24) is 9.97 Å². The first-order chi connectivity index (χ1) is 14.0. The van der Waals surface area contributed by atoms with Crippen LogP contribution in [0, 0.1) is 5.92 Å². The van der Waals surface area contributed by atoms with E-state index in [4.69, 9.17) is 10.5 Å². The molecule has 1 aliphatic carbocycles. The summed E-state index contributed by atoms with van der Waals surface area (Å²) < 4.78 is 32.0. The maximum atomic E-state index is 13.3. The number of nitrogens with zero attached hydrogens (tertiary/aromatic N) is 3. The standard InChI is InChI=1S/C21H28N4O3S/c22-21-23-13-18(14-24-21)17-10-19(25-6-8-28-9-7-25)12-20(11-17)29(26,27)15-16-4-2-1-3-5-16/h10-14,16H,1-9,15H2,(H2,22,23,24).